The molecule has 2 heterocycles. The van der Waals surface area contributed by atoms with Crippen molar-refractivity contribution in [3.05, 3.63) is 6.20 Å². The summed E-state index contributed by atoms with van der Waals surface area (Å²) in [6.07, 6.45) is 2.35. The highest BCUT2D eigenvalue weighted by atomic mass is 32.2. The highest BCUT2D eigenvalue weighted by molar-refractivity contribution is 7.89. The molecular formula is C10H15N5O4S. The van der Waals surface area contributed by atoms with Crippen molar-refractivity contribution in [2.45, 2.75) is 17.7 Å². The molecule has 20 heavy (non-hydrogen) atoms. The van der Waals surface area contributed by atoms with Crippen molar-refractivity contribution < 1.29 is 18.0 Å². The number of carbonyl (C=O) groups excluding carboxylic acids is 2. The lowest BCUT2D eigenvalue weighted by atomic mass is 10.4. The first kappa shape index (κ1) is 14.5. The van der Waals surface area contributed by atoms with Crippen LogP contribution in [0.3, 0.4) is 0 Å². The number of nitrogens with zero attached hydrogens (tertiary/aromatic N) is 3. The van der Waals surface area contributed by atoms with E-state index in [0.29, 0.717) is 13.0 Å². The van der Waals surface area contributed by atoms with Crippen molar-refractivity contribution >= 4 is 27.7 Å². The Kier molecular flexibility index (Phi) is 3.77. The summed E-state index contributed by atoms with van der Waals surface area (Å²) < 4.78 is 23.9. The molecule has 0 bridgehead atoms. The predicted octanol–water partition coefficient (Wildman–Crippen LogP) is -1.37. The summed E-state index contributed by atoms with van der Waals surface area (Å²) in [6.45, 7) is 0.399. The van der Waals surface area contributed by atoms with E-state index in [1.54, 1.807) is 0 Å². The van der Waals surface area contributed by atoms with Gasteiger partial charge in [0.1, 0.15) is 4.90 Å². The van der Waals surface area contributed by atoms with Gasteiger partial charge in [-0.05, 0) is 6.42 Å². The Bertz CT molecular complexity index is 651. The Morgan fingerprint density at radius 2 is 2.25 bits per heavy atom. The van der Waals surface area contributed by atoms with Gasteiger partial charge in [0, 0.05) is 26.2 Å². The fourth-order valence-corrected chi connectivity index (χ4v) is 2.64. The number of nitrogens with one attached hydrogen (secondary N) is 1. The van der Waals surface area contributed by atoms with Gasteiger partial charge in [0.2, 0.25) is 21.8 Å². The van der Waals surface area contributed by atoms with Gasteiger partial charge >= 0.3 is 0 Å². The summed E-state index contributed by atoms with van der Waals surface area (Å²) in [5.74, 6) is -0.733. The number of sulfonamides is 1. The van der Waals surface area contributed by atoms with Crippen molar-refractivity contribution in [2.75, 3.05) is 18.4 Å². The van der Waals surface area contributed by atoms with Crippen LogP contribution in [-0.4, -0.2) is 48.0 Å². The lowest BCUT2D eigenvalue weighted by Crippen LogP contribution is -2.34. The average Bonchev–Trinajstić information content (AvgIpc) is 2.85. The van der Waals surface area contributed by atoms with Gasteiger partial charge < -0.3 is 10.2 Å². The molecule has 0 saturated carbocycles. The second-order valence-electron chi connectivity index (χ2n) is 4.53. The number of rotatable bonds is 4. The zero-order valence-corrected chi connectivity index (χ0v) is 11.7. The van der Waals surface area contributed by atoms with E-state index in [9.17, 15) is 18.0 Å². The zero-order chi connectivity index (χ0) is 14.9. The third kappa shape index (κ3) is 3.14. The number of primary sulfonamides is 1. The first-order valence-corrected chi connectivity index (χ1v) is 7.46. The van der Waals surface area contributed by atoms with E-state index in [0.717, 1.165) is 6.42 Å². The van der Waals surface area contributed by atoms with Gasteiger partial charge in [-0.2, -0.15) is 5.10 Å². The first-order valence-electron chi connectivity index (χ1n) is 5.91. The molecule has 0 atom stereocenters. The second-order valence-corrected chi connectivity index (χ2v) is 6.06. The molecule has 2 rings (SSSR count). The highest BCUT2D eigenvalue weighted by Gasteiger charge is 2.24. The topological polar surface area (TPSA) is 127 Å². The van der Waals surface area contributed by atoms with Gasteiger partial charge in [0.25, 0.3) is 0 Å². The van der Waals surface area contributed by atoms with Crippen molar-refractivity contribution in [3.63, 3.8) is 0 Å². The fourth-order valence-electron chi connectivity index (χ4n) is 1.98. The number of carbonyl (C=O) groups is 2. The van der Waals surface area contributed by atoms with Crippen LogP contribution in [0.15, 0.2) is 11.1 Å². The average molecular weight is 301 g/mol. The molecule has 110 valence electrons. The van der Waals surface area contributed by atoms with Crippen LogP contribution < -0.4 is 10.5 Å². The van der Waals surface area contributed by atoms with Gasteiger partial charge in [0.05, 0.1) is 6.54 Å². The molecule has 0 spiro atoms. The SMILES string of the molecule is Cn1cc(S(N)(=O)=O)c(NC(=O)CN2CCCC2=O)n1. The summed E-state index contributed by atoms with van der Waals surface area (Å²) in [6, 6.07) is 0. The number of likely N-dealkylation sites (tertiary alicyclic amines) is 1. The van der Waals surface area contributed by atoms with Crippen LogP contribution in [-0.2, 0) is 26.7 Å². The lowest BCUT2D eigenvalue weighted by Gasteiger charge is -2.14. The second kappa shape index (κ2) is 5.21. The Morgan fingerprint density at radius 1 is 1.55 bits per heavy atom. The van der Waals surface area contributed by atoms with Gasteiger partial charge in [-0.1, -0.05) is 0 Å². The van der Waals surface area contributed by atoms with E-state index >= 15 is 0 Å². The maximum atomic E-state index is 11.8. The summed E-state index contributed by atoms with van der Waals surface area (Å²) >= 11 is 0. The number of hydrogen-bond acceptors (Lipinski definition) is 5. The molecule has 0 unspecified atom stereocenters. The monoisotopic (exact) mass is 301 g/mol. The van der Waals surface area contributed by atoms with E-state index in [4.69, 9.17) is 5.14 Å². The Morgan fingerprint density at radius 3 is 2.80 bits per heavy atom. The Labute approximate surface area is 115 Å². The van der Waals surface area contributed by atoms with Crippen molar-refractivity contribution in [2.24, 2.45) is 12.2 Å². The third-order valence-electron chi connectivity index (χ3n) is 2.87. The van der Waals surface area contributed by atoms with Crippen molar-refractivity contribution in [1.29, 1.82) is 0 Å². The van der Waals surface area contributed by atoms with Crippen LogP contribution in [0.1, 0.15) is 12.8 Å². The molecule has 3 N–H and O–H groups in total. The van der Waals surface area contributed by atoms with Crippen LogP contribution in [0, 0.1) is 0 Å². The minimum Gasteiger partial charge on any atom is -0.333 e. The van der Waals surface area contributed by atoms with Crippen LogP contribution in [0.25, 0.3) is 0 Å². The normalized spacial score (nSPS) is 15.7. The molecule has 1 aliphatic heterocycles. The Balaban J connectivity index is 2.10. The molecule has 2 amide bonds. The molecule has 0 aromatic carbocycles. The van der Waals surface area contributed by atoms with E-state index in [1.807, 2.05) is 0 Å². The highest BCUT2D eigenvalue weighted by Crippen LogP contribution is 2.17. The number of anilines is 1. The van der Waals surface area contributed by atoms with Gasteiger partial charge in [-0.3, -0.25) is 14.3 Å². The molecule has 1 saturated heterocycles. The van der Waals surface area contributed by atoms with Crippen LogP contribution in [0.5, 0.6) is 0 Å². The molecule has 1 fully saturated rings. The first-order chi connectivity index (χ1) is 9.27. The minimum atomic E-state index is -3.97. The molecule has 0 radical (unpaired) electrons. The van der Waals surface area contributed by atoms with Crippen LogP contribution in [0.4, 0.5) is 5.82 Å². The minimum absolute atomic E-state index is 0.0900. The molecule has 1 aromatic rings. The number of aryl methyl sites for hydroxylation is 1. The fraction of sp³-hybridized carbons (Fsp3) is 0.500. The van der Waals surface area contributed by atoms with E-state index in [2.05, 4.69) is 10.4 Å². The molecule has 1 aliphatic rings. The maximum absolute atomic E-state index is 11.8. The third-order valence-corrected chi connectivity index (χ3v) is 3.78. The summed E-state index contributed by atoms with van der Waals surface area (Å²) in [5.41, 5.74) is 0. The summed E-state index contributed by atoms with van der Waals surface area (Å²) in [5, 5.41) is 11.2. The number of nitrogens with two attached hydrogens (primary N) is 1. The largest absolute Gasteiger partial charge is 0.333 e. The van der Waals surface area contributed by atoms with Gasteiger partial charge in [-0.15, -0.1) is 0 Å². The molecule has 9 nitrogen and oxygen atoms in total. The lowest BCUT2D eigenvalue weighted by molar-refractivity contribution is -0.131. The quantitative estimate of drug-likeness (QED) is 0.709. The standard InChI is InChI=1S/C10H15N5O4S/c1-14-5-7(20(11,18)19)10(13-14)12-8(16)6-15-4-2-3-9(15)17/h5H,2-4,6H2,1H3,(H2,11,18,19)(H,12,13,16). The predicted molar refractivity (Wildman–Crippen MR) is 69.0 cm³/mol. The zero-order valence-electron chi connectivity index (χ0n) is 10.9. The smallest absolute Gasteiger partial charge is 0.245 e. The number of aromatic nitrogens is 2. The van der Waals surface area contributed by atoms with Crippen LogP contribution >= 0.6 is 0 Å². The summed E-state index contributed by atoms with van der Waals surface area (Å²) in [7, 11) is -2.47. The van der Waals surface area contributed by atoms with Crippen molar-refractivity contribution in [1.82, 2.24) is 14.7 Å². The number of hydrogen-bond donors (Lipinski definition) is 2. The molecule has 10 heteroatoms. The molecular weight excluding hydrogens is 286 g/mol. The van der Waals surface area contributed by atoms with Gasteiger partial charge in [-0.25, -0.2) is 13.6 Å². The Hall–Kier alpha value is -1.94. The molecule has 0 aliphatic carbocycles. The van der Waals surface area contributed by atoms with Crippen LogP contribution in [0.2, 0.25) is 0 Å². The maximum Gasteiger partial charge on any atom is 0.245 e. The van der Waals surface area contributed by atoms with E-state index < -0.39 is 15.9 Å². The molecule has 1 aromatic heterocycles. The van der Waals surface area contributed by atoms with Gasteiger partial charge in [0.15, 0.2) is 5.82 Å². The van der Waals surface area contributed by atoms with E-state index in [-0.39, 0.29) is 23.2 Å². The summed E-state index contributed by atoms with van der Waals surface area (Å²) in [4.78, 5) is 24.4. The van der Waals surface area contributed by atoms with Crippen molar-refractivity contribution in [3.8, 4) is 0 Å². The number of amides is 2. The van der Waals surface area contributed by atoms with E-state index in [1.165, 1.54) is 22.8 Å².